The monoisotopic (exact) mass is 497 g/mol. The third kappa shape index (κ3) is 4.97. The summed E-state index contributed by atoms with van der Waals surface area (Å²) in [4.78, 5) is 17.8. The van der Waals surface area contributed by atoms with Crippen molar-refractivity contribution in [2.75, 3.05) is 18.4 Å². The van der Waals surface area contributed by atoms with Crippen LogP contribution < -0.4 is 19.0 Å². The number of ether oxygens (including phenoxy) is 2. The van der Waals surface area contributed by atoms with Gasteiger partial charge in [0, 0.05) is 18.3 Å². The summed E-state index contributed by atoms with van der Waals surface area (Å²) in [6.07, 6.45) is 0. The minimum Gasteiger partial charge on any atom is -0.497 e. The summed E-state index contributed by atoms with van der Waals surface area (Å²) in [5.41, 5.74) is 1.46. The van der Waals surface area contributed by atoms with Gasteiger partial charge in [0.1, 0.15) is 11.5 Å². The van der Waals surface area contributed by atoms with E-state index in [2.05, 4.69) is 9.71 Å². The number of rotatable bonds is 7. The van der Waals surface area contributed by atoms with Crippen molar-refractivity contribution in [3.05, 3.63) is 77.1 Å². The topological polar surface area (TPSA) is 99.0 Å². The van der Waals surface area contributed by atoms with Gasteiger partial charge in [0.15, 0.2) is 4.80 Å². The van der Waals surface area contributed by atoms with Gasteiger partial charge >= 0.3 is 0 Å². The van der Waals surface area contributed by atoms with Crippen LogP contribution in [-0.2, 0) is 17.1 Å². The van der Waals surface area contributed by atoms with Gasteiger partial charge in [-0.2, -0.15) is 4.99 Å². The minimum atomic E-state index is -3.83. The summed E-state index contributed by atoms with van der Waals surface area (Å²) in [6.45, 7) is 2.49. The number of methoxy groups -OCH3 is 1. The number of hydrogen-bond donors (Lipinski definition) is 1. The predicted molar refractivity (Wildman–Crippen MR) is 132 cm³/mol. The molecule has 0 aliphatic heterocycles. The van der Waals surface area contributed by atoms with E-state index in [1.807, 2.05) is 36.7 Å². The number of nitrogens with zero attached hydrogens (tertiary/aromatic N) is 2. The Morgan fingerprint density at radius 2 is 1.79 bits per heavy atom. The average molecular weight is 498 g/mol. The lowest BCUT2D eigenvalue weighted by Crippen LogP contribution is -2.14. The van der Waals surface area contributed by atoms with Gasteiger partial charge in [-0.05, 0) is 67.6 Å². The van der Waals surface area contributed by atoms with Crippen LogP contribution in [0.15, 0.2) is 76.6 Å². The summed E-state index contributed by atoms with van der Waals surface area (Å²) >= 11 is 1.38. The number of aromatic nitrogens is 1. The van der Waals surface area contributed by atoms with Gasteiger partial charge in [0.05, 0.1) is 28.8 Å². The molecule has 1 heterocycles. The number of carbonyl (C=O) groups excluding carboxylic acids is 1. The summed E-state index contributed by atoms with van der Waals surface area (Å²) in [6, 6.07) is 18.0. The van der Waals surface area contributed by atoms with E-state index in [-0.39, 0.29) is 16.1 Å². The number of aryl methyl sites for hydroxylation is 1. The molecular weight excluding hydrogens is 474 g/mol. The summed E-state index contributed by atoms with van der Waals surface area (Å²) in [5, 5.41) is 0. The van der Waals surface area contributed by atoms with E-state index in [0.29, 0.717) is 17.2 Å². The highest BCUT2D eigenvalue weighted by atomic mass is 32.2. The van der Waals surface area contributed by atoms with Gasteiger partial charge < -0.3 is 14.0 Å². The van der Waals surface area contributed by atoms with Crippen LogP contribution in [0.1, 0.15) is 17.3 Å². The Hall–Kier alpha value is -3.63. The van der Waals surface area contributed by atoms with Gasteiger partial charge in [0.25, 0.3) is 15.9 Å². The molecule has 0 radical (unpaired) electrons. The number of hydrogen-bond acceptors (Lipinski definition) is 6. The van der Waals surface area contributed by atoms with Crippen molar-refractivity contribution >= 4 is 43.2 Å². The molecule has 1 amide bonds. The van der Waals surface area contributed by atoms with E-state index >= 15 is 0 Å². The van der Waals surface area contributed by atoms with Gasteiger partial charge in [-0.25, -0.2) is 8.42 Å². The second-order valence-corrected chi connectivity index (χ2v) is 9.98. The Bertz CT molecular complexity index is 1520. The van der Waals surface area contributed by atoms with E-state index in [1.54, 1.807) is 30.3 Å². The molecule has 0 unspecified atom stereocenters. The number of benzene rings is 3. The molecule has 1 aromatic heterocycles. The highest BCUT2D eigenvalue weighted by Crippen LogP contribution is 2.23. The Morgan fingerprint density at radius 1 is 1.06 bits per heavy atom. The third-order valence-corrected chi connectivity index (χ3v) is 7.51. The zero-order valence-corrected chi connectivity index (χ0v) is 20.4. The second kappa shape index (κ2) is 9.70. The number of sulfonamides is 1. The molecule has 176 valence electrons. The fraction of sp³-hybridized carbons (Fsp3) is 0.167. The third-order valence-electron chi connectivity index (χ3n) is 5.02. The molecule has 0 spiro atoms. The number of anilines is 1. The first-order valence-electron chi connectivity index (χ1n) is 10.4. The van der Waals surface area contributed by atoms with Crippen molar-refractivity contribution < 1.29 is 22.7 Å². The van der Waals surface area contributed by atoms with Crippen molar-refractivity contribution in [1.82, 2.24) is 4.57 Å². The molecule has 0 fully saturated rings. The summed E-state index contributed by atoms with van der Waals surface area (Å²) < 4.78 is 41.3. The minimum absolute atomic E-state index is 0.0819. The van der Waals surface area contributed by atoms with Crippen LogP contribution in [0.25, 0.3) is 10.2 Å². The average Bonchev–Trinajstić information content (AvgIpc) is 3.13. The number of thiazole rings is 1. The zero-order chi connectivity index (χ0) is 24.3. The first kappa shape index (κ1) is 23.5. The van der Waals surface area contributed by atoms with E-state index < -0.39 is 15.9 Å². The van der Waals surface area contributed by atoms with Gasteiger partial charge in [-0.3, -0.25) is 9.52 Å². The molecule has 0 aliphatic carbocycles. The lowest BCUT2D eigenvalue weighted by Gasteiger charge is -2.09. The lowest BCUT2D eigenvalue weighted by atomic mass is 10.2. The number of nitrogens with one attached hydrogen (secondary N) is 1. The SMILES string of the molecule is CCOc1ccc2c(c1)sc(=NC(=O)c1cccc(NS(=O)(=O)c3ccc(OC)cc3)c1)n2C. The maximum Gasteiger partial charge on any atom is 0.279 e. The highest BCUT2D eigenvalue weighted by Gasteiger charge is 2.15. The number of amides is 1. The first-order valence-corrected chi connectivity index (χ1v) is 12.7. The number of carbonyl (C=O) groups is 1. The van der Waals surface area contributed by atoms with Crippen LogP contribution in [0.2, 0.25) is 0 Å². The molecule has 0 saturated carbocycles. The maximum absolute atomic E-state index is 12.9. The van der Waals surface area contributed by atoms with Crippen molar-refractivity contribution in [2.24, 2.45) is 12.0 Å². The molecule has 0 saturated heterocycles. The Kier molecular flexibility index (Phi) is 6.71. The fourth-order valence-electron chi connectivity index (χ4n) is 3.31. The Balaban J connectivity index is 1.60. The van der Waals surface area contributed by atoms with Crippen LogP contribution in [0, 0.1) is 0 Å². The highest BCUT2D eigenvalue weighted by molar-refractivity contribution is 7.92. The smallest absolute Gasteiger partial charge is 0.279 e. The van der Waals surface area contributed by atoms with Crippen molar-refractivity contribution in [3.8, 4) is 11.5 Å². The van der Waals surface area contributed by atoms with E-state index in [4.69, 9.17) is 9.47 Å². The molecule has 0 atom stereocenters. The van der Waals surface area contributed by atoms with E-state index in [0.717, 1.165) is 16.0 Å². The van der Waals surface area contributed by atoms with Crippen LogP contribution in [0.4, 0.5) is 5.69 Å². The molecule has 4 aromatic rings. The predicted octanol–water partition coefficient (Wildman–Crippen LogP) is 4.19. The largest absolute Gasteiger partial charge is 0.497 e. The molecule has 10 heteroatoms. The van der Waals surface area contributed by atoms with Crippen molar-refractivity contribution in [3.63, 3.8) is 0 Å². The molecule has 0 bridgehead atoms. The van der Waals surface area contributed by atoms with Crippen LogP contribution in [0.3, 0.4) is 0 Å². The quantitative estimate of drug-likeness (QED) is 0.413. The number of fused-ring (bicyclic) bond motifs is 1. The van der Waals surface area contributed by atoms with E-state index in [1.165, 1.54) is 36.6 Å². The van der Waals surface area contributed by atoms with Crippen LogP contribution in [-0.4, -0.2) is 32.6 Å². The fourth-order valence-corrected chi connectivity index (χ4v) is 5.41. The normalized spacial score (nSPS) is 12.0. The zero-order valence-electron chi connectivity index (χ0n) is 18.8. The Morgan fingerprint density at radius 3 is 2.50 bits per heavy atom. The lowest BCUT2D eigenvalue weighted by molar-refractivity contribution is 0.0998. The molecule has 34 heavy (non-hydrogen) atoms. The van der Waals surface area contributed by atoms with Gasteiger partial charge in [0.2, 0.25) is 0 Å². The van der Waals surface area contributed by atoms with Crippen molar-refractivity contribution in [2.45, 2.75) is 11.8 Å². The molecule has 0 aliphatic rings. The molecule has 3 aromatic carbocycles. The van der Waals surface area contributed by atoms with Gasteiger partial charge in [-0.15, -0.1) is 0 Å². The van der Waals surface area contributed by atoms with Crippen LogP contribution in [0.5, 0.6) is 11.5 Å². The van der Waals surface area contributed by atoms with E-state index in [9.17, 15) is 13.2 Å². The van der Waals surface area contributed by atoms with Crippen molar-refractivity contribution in [1.29, 1.82) is 0 Å². The standard InChI is InChI=1S/C24H23N3O5S2/c1-4-32-19-10-13-21-22(15-19)33-24(27(21)2)25-23(28)16-6-5-7-17(14-16)26-34(29,30)20-11-8-18(31-3)9-12-20/h5-15,26H,4H2,1-3H3. The molecule has 4 rings (SSSR count). The molecular formula is C24H23N3O5S2. The molecule has 1 N–H and O–H groups in total. The van der Waals surface area contributed by atoms with Gasteiger partial charge in [-0.1, -0.05) is 17.4 Å². The first-order chi connectivity index (χ1) is 16.3. The molecule has 8 nitrogen and oxygen atoms in total. The van der Waals surface area contributed by atoms with Crippen LogP contribution >= 0.6 is 11.3 Å². The summed E-state index contributed by atoms with van der Waals surface area (Å²) in [5.74, 6) is 0.834. The summed E-state index contributed by atoms with van der Waals surface area (Å²) in [7, 11) is -0.490. The Labute approximate surface area is 201 Å². The second-order valence-electron chi connectivity index (χ2n) is 7.28. The maximum atomic E-state index is 12.9.